The topological polar surface area (TPSA) is 94.0 Å². The lowest BCUT2D eigenvalue weighted by molar-refractivity contribution is -0.207. The highest BCUT2D eigenvalue weighted by molar-refractivity contribution is 5.88. The molecule has 0 radical (unpaired) electrons. The first-order chi connectivity index (χ1) is 17.3. The lowest BCUT2D eigenvalue weighted by Gasteiger charge is -2.67. The molecule has 4 atom stereocenters. The van der Waals surface area contributed by atoms with Gasteiger partial charge in [0, 0.05) is 36.5 Å². The van der Waals surface area contributed by atoms with Gasteiger partial charge in [0.15, 0.2) is 0 Å². The first-order valence-corrected chi connectivity index (χ1v) is 12.5. The van der Waals surface area contributed by atoms with E-state index >= 15 is 0 Å². The van der Waals surface area contributed by atoms with E-state index in [-0.39, 0.29) is 12.3 Å². The summed E-state index contributed by atoms with van der Waals surface area (Å²) in [5.74, 6) is -1.81. The molecular formula is C26H32N6O4. The van der Waals surface area contributed by atoms with Gasteiger partial charge in [-0.3, -0.25) is 19.6 Å². The third-order valence-corrected chi connectivity index (χ3v) is 8.16. The monoisotopic (exact) mass is 492 g/mol. The van der Waals surface area contributed by atoms with Gasteiger partial charge in [0.1, 0.15) is 0 Å². The van der Waals surface area contributed by atoms with E-state index in [4.69, 9.17) is 0 Å². The van der Waals surface area contributed by atoms with Crippen LogP contribution in [-0.4, -0.2) is 106 Å². The van der Waals surface area contributed by atoms with E-state index < -0.39 is 11.9 Å². The predicted molar refractivity (Wildman–Crippen MR) is 135 cm³/mol. The van der Waals surface area contributed by atoms with Crippen molar-refractivity contribution < 1.29 is 19.8 Å². The zero-order chi connectivity index (χ0) is 25.1. The second-order valence-corrected chi connectivity index (χ2v) is 10.4. The van der Waals surface area contributed by atoms with E-state index in [1.165, 1.54) is 0 Å². The number of nitrogens with zero attached hydrogens (tertiary/aromatic N) is 6. The van der Waals surface area contributed by atoms with Crippen molar-refractivity contribution in [3.63, 3.8) is 0 Å². The Morgan fingerprint density at radius 1 is 0.639 bits per heavy atom. The highest BCUT2D eigenvalue weighted by Gasteiger charge is 2.54. The molecule has 0 aliphatic carbocycles. The fraction of sp³-hybridized carbons (Fsp3) is 0.462. The van der Waals surface area contributed by atoms with Crippen molar-refractivity contribution in [2.45, 2.75) is 38.3 Å². The van der Waals surface area contributed by atoms with Crippen LogP contribution in [0, 0.1) is 0 Å². The molecule has 190 valence electrons. The normalized spacial score (nSPS) is 29.2. The van der Waals surface area contributed by atoms with Crippen molar-refractivity contribution in [1.29, 1.82) is 0 Å². The number of benzene rings is 2. The third-order valence-electron chi connectivity index (χ3n) is 8.16. The Morgan fingerprint density at radius 3 is 1.33 bits per heavy atom. The van der Waals surface area contributed by atoms with Crippen molar-refractivity contribution in [3.05, 3.63) is 59.7 Å². The van der Waals surface area contributed by atoms with Gasteiger partial charge in [-0.25, -0.2) is 9.59 Å². The minimum Gasteiger partial charge on any atom is -0.478 e. The number of aromatic carboxylic acids is 2. The van der Waals surface area contributed by atoms with Crippen molar-refractivity contribution in [1.82, 2.24) is 19.6 Å². The number of rotatable bonds is 4. The Bertz CT molecular complexity index is 1070. The second kappa shape index (κ2) is 8.74. The van der Waals surface area contributed by atoms with Crippen molar-refractivity contribution in [2.24, 2.45) is 0 Å². The minimum atomic E-state index is -0.904. The summed E-state index contributed by atoms with van der Waals surface area (Å²) in [6.45, 7) is 9.68. The van der Waals surface area contributed by atoms with Gasteiger partial charge in [-0.2, -0.15) is 0 Å². The zero-order valence-corrected chi connectivity index (χ0v) is 20.6. The number of anilines is 2. The Labute approximate surface area is 210 Å². The molecule has 4 aliphatic rings. The number of hydrogen-bond donors (Lipinski definition) is 2. The molecule has 0 bridgehead atoms. The zero-order valence-electron chi connectivity index (χ0n) is 20.6. The van der Waals surface area contributed by atoms with E-state index in [1.54, 1.807) is 24.3 Å². The Hall–Kier alpha value is -3.18. The molecule has 4 unspecified atom stereocenters. The first-order valence-electron chi connectivity index (χ1n) is 12.5. The molecule has 36 heavy (non-hydrogen) atoms. The molecule has 0 aromatic heterocycles. The summed E-state index contributed by atoms with van der Waals surface area (Å²) in [7, 11) is 0. The molecule has 10 nitrogen and oxygen atoms in total. The van der Waals surface area contributed by atoms with Gasteiger partial charge in [0.25, 0.3) is 0 Å². The van der Waals surface area contributed by atoms with Gasteiger partial charge >= 0.3 is 11.9 Å². The summed E-state index contributed by atoms with van der Waals surface area (Å²) in [6, 6.07) is 15.1. The smallest absolute Gasteiger partial charge is 0.335 e. The molecule has 2 aromatic rings. The summed E-state index contributed by atoms with van der Waals surface area (Å²) < 4.78 is 0. The highest BCUT2D eigenvalue weighted by Crippen LogP contribution is 2.38. The molecule has 6 rings (SSSR count). The largest absolute Gasteiger partial charge is 0.478 e. The molecule has 4 fully saturated rings. The van der Waals surface area contributed by atoms with E-state index in [2.05, 4.69) is 43.2 Å². The van der Waals surface area contributed by atoms with Crippen LogP contribution < -0.4 is 9.80 Å². The van der Waals surface area contributed by atoms with Crippen molar-refractivity contribution >= 4 is 23.3 Å². The Balaban J connectivity index is 1.24. The first kappa shape index (κ1) is 23.2. The summed E-state index contributed by atoms with van der Waals surface area (Å²) in [5, 5.41) is 18.5. The van der Waals surface area contributed by atoms with Crippen LogP contribution in [0.2, 0.25) is 0 Å². The standard InChI is InChI=1S/C26H32N6O4/c1-17-11-27-13-30(22-9-5-20(6-10-22)26(35)36)16-32-18(2)12-28-14-29(15-31(17)23(28)24(27)32)21-7-3-19(4-8-21)25(33)34/h3-10,17-18,23-24H,11-16H2,1-2H3,(H,33,34)(H,35,36). The summed E-state index contributed by atoms with van der Waals surface area (Å²) in [6.07, 6.45) is 0.576. The fourth-order valence-corrected chi connectivity index (χ4v) is 6.37. The summed E-state index contributed by atoms with van der Waals surface area (Å²) in [4.78, 5) is 37.6. The number of carboxylic acid groups (broad SMARTS) is 2. The number of carbonyl (C=O) groups is 2. The van der Waals surface area contributed by atoms with Gasteiger partial charge in [-0.15, -0.1) is 0 Å². The fourth-order valence-electron chi connectivity index (χ4n) is 6.37. The van der Waals surface area contributed by atoms with E-state index in [9.17, 15) is 19.8 Å². The maximum absolute atomic E-state index is 11.3. The Morgan fingerprint density at radius 2 is 1.00 bits per heavy atom. The van der Waals surface area contributed by atoms with E-state index in [1.807, 2.05) is 24.3 Å². The van der Waals surface area contributed by atoms with Crippen LogP contribution in [0.3, 0.4) is 0 Å². The van der Waals surface area contributed by atoms with Crippen LogP contribution in [0.15, 0.2) is 48.5 Å². The van der Waals surface area contributed by atoms with E-state index in [0.29, 0.717) is 23.2 Å². The van der Waals surface area contributed by atoms with Gasteiger partial charge in [-0.05, 0) is 62.4 Å². The summed E-state index contributed by atoms with van der Waals surface area (Å²) >= 11 is 0. The van der Waals surface area contributed by atoms with Crippen LogP contribution in [0.4, 0.5) is 11.4 Å². The van der Waals surface area contributed by atoms with Gasteiger partial charge < -0.3 is 20.0 Å². The molecule has 10 heteroatoms. The van der Waals surface area contributed by atoms with Gasteiger partial charge in [0.2, 0.25) is 0 Å². The average molecular weight is 493 g/mol. The molecule has 2 aromatic carbocycles. The molecule has 4 aliphatic heterocycles. The molecule has 0 saturated carbocycles. The number of carboxylic acids is 2. The van der Waals surface area contributed by atoms with Crippen LogP contribution in [0.5, 0.6) is 0 Å². The quantitative estimate of drug-likeness (QED) is 0.659. The van der Waals surface area contributed by atoms with Gasteiger partial charge in [-0.1, -0.05) is 0 Å². The van der Waals surface area contributed by atoms with Crippen molar-refractivity contribution in [3.8, 4) is 0 Å². The third kappa shape index (κ3) is 3.81. The van der Waals surface area contributed by atoms with Crippen LogP contribution in [0.25, 0.3) is 0 Å². The predicted octanol–water partition coefficient (Wildman–Crippen LogP) is 1.92. The molecule has 0 amide bonds. The van der Waals surface area contributed by atoms with Gasteiger partial charge in [0.05, 0.1) is 50.1 Å². The SMILES string of the molecule is CC1CN2CN(c3ccc(C(=O)O)cc3)CN3C(C)CN4CN(c5ccc(C(=O)O)cc5)CN1C4C23. The molecule has 0 spiro atoms. The van der Waals surface area contributed by atoms with Crippen LogP contribution in [0.1, 0.15) is 34.6 Å². The molecule has 2 N–H and O–H groups in total. The minimum absolute atomic E-state index is 0.288. The highest BCUT2D eigenvalue weighted by atomic mass is 16.4. The number of piperazine rings is 2. The second-order valence-electron chi connectivity index (χ2n) is 10.4. The lowest BCUT2D eigenvalue weighted by atomic mass is 9.99. The molecule has 4 saturated heterocycles. The average Bonchev–Trinajstić information content (AvgIpc) is 2.87. The summed E-state index contributed by atoms with van der Waals surface area (Å²) in [5.41, 5.74) is 2.70. The van der Waals surface area contributed by atoms with Crippen LogP contribution in [-0.2, 0) is 0 Å². The maximum Gasteiger partial charge on any atom is 0.335 e. The number of hydrogen-bond acceptors (Lipinski definition) is 8. The van der Waals surface area contributed by atoms with Crippen molar-refractivity contribution in [2.75, 3.05) is 49.6 Å². The van der Waals surface area contributed by atoms with E-state index in [0.717, 1.165) is 51.1 Å². The molecular weight excluding hydrogens is 460 g/mol. The maximum atomic E-state index is 11.3. The van der Waals surface area contributed by atoms with Crippen LogP contribution >= 0.6 is 0 Å². The molecule has 4 heterocycles. The Kier molecular flexibility index (Phi) is 5.64. The lowest BCUT2D eigenvalue weighted by Crippen LogP contribution is -2.84.